The fraction of sp³-hybridized carbons (Fsp3) is 0.138. The minimum Gasteiger partial charge on any atom is -0.359 e. The van der Waals surface area contributed by atoms with Crippen LogP contribution in [0.15, 0.2) is 91.6 Å². The Balaban J connectivity index is 1.39. The number of hydrogen-bond acceptors (Lipinski definition) is 6. The molecule has 6 rings (SSSR count). The molecule has 1 fully saturated rings. The molecule has 5 heterocycles. The third-order valence-corrected chi connectivity index (χ3v) is 6.45. The van der Waals surface area contributed by atoms with E-state index in [-0.39, 0.29) is 0 Å². The van der Waals surface area contributed by atoms with Gasteiger partial charge in [0.25, 0.3) is 0 Å². The molecule has 0 bridgehead atoms. The lowest BCUT2D eigenvalue weighted by Crippen LogP contribution is -2.11. The molecular weight excluding hydrogens is 460 g/mol. The molecule has 37 heavy (non-hydrogen) atoms. The van der Waals surface area contributed by atoms with E-state index in [1.54, 1.807) is 18.5 Å². The smallest absolute Gasteiger partial charge is 0.161 e. The summed E-state index contributed by atoms with van der Waals surface area (Å²) in [7, 11) is 0. The van der Waals surface area contributed by atoms with Gasteiger partial charge in [-0.3, -0.25) is 15.1 Å². The normalized spacial score (nSPS) is 14.3. The number of imidazole rings is 1. The second-order valence-corrected chi connectivity index (χ2v) is 8.99. The number of aromatic amines is 2. The van der Waals surface area contributed by atoms with Crippen molar-refractivity contribution in [2.45, 2.75) is 19.8 Å². The van der Waals surface area contributed by atoms with Crippen molar-refractivity contribution >= 4 is 27.6 Å². The first-order chi connectivity index (χ1) is 18.1. The van der Waals surface area contributed by atoms with Gasteiger partial charge in [-0.2, -0.15) is 5.10 Å². The van der Waals surface area contributed by atoms with Crippen molar-refractivity contribution in [3.05, 3.63) is 97.3 Å². The molecule has 0 radical (unpaired) electrons. The molecule has 0 spiro atoms. The predicted molar refractivity (Wildman–Crippen MR) is 147 cm³/mol. The molecule has 0 saturated heterocycles. The molecule has 3 N–H and O–H groups in total. The lowest BCUT2D eigenvalue weighted by Gasteiger charge is -2.11. The highest BCUT2D eigenvalue weighted by Crippen LogP contribution is 2.35. The number of nitrogens with one attached hydrogen (secondary N) is 3. The summed E-state index contributed by atoms with van der Waals surface area (Å²) in [6.45, 7) is 10.1. The molecule has 0 amide bonds. The van der Waals surface area contributed by atoms with Crippen LogP contribution in [0.1, 0.15) is 25.5 Å². The number of rotatable bonds is 8. The molecule has 5 aromatic rings. The van der Waals surface area contributed by atoms with Gasteiger partial charge >= 0.3 is 0 Å². The summed E-state index contributed by atoms with van der Waals surface area (Å²) in [5.74, 6) is 1.17. The molecule has 8 nitrogen and oxygen atoms in total. The Labute approximate surface area is 214 Å². The summed E-state index contributed by atoms with van der Waals surface area (Å²) < 4.78 is 0. The largest absolute Gasteiger partial charge is 0.359 e. The Morgan fingerprint density at radius 1 is 1.00 bits per heavy atom. The van der Waals surface area contributed by atoms with E-state index in [0.717, 1.165) is 50.4 Å². The van der Waals surface area contributed by atoms with Gasteiger partial charge in [-0.05, 0) is 73.7 Å². The predicted octanol–water partition coefficient (Wildman–Crippen LogP) is 5.94. The second-order valence-electron chi connectivity index (χ2n) is 8.99. The van der Waals surface area contributed by atoms with Crippen molar-refractivity contribution in [3.8, 4) is 22.9 Å². The van der Waals surface area contributed by atoms with Crippen LogP contribution in [0.5, 0.6) is 0 Å². The van der Waals surface area contributed by atoms with Gasteiger partial charge in [-0.15, -0.1) is 0 Å². The van der Waals surface area contributed by atoms with Gasteiger partial charge in [0.05, 0.1) is 22.4 Å². The highest BCUT2D eigenvalue weighted by atomic mass is 15.2. The minimum atomic E-state index is 0.553. The van der Waals surface area contributed by atoms with Crippen LogP contribution in [0.2, 0.25) is 0 Å². The van der Waals surface area contributed by atoms with Crippen molar-refractivity contribution < 1.29 is 0 Å². The lowest BCUT2D eigenvalue weighted by atomic mass is 10.1. The van der Waals surface area contributed by atoms with Crippen molar-refractivity contribution in [1.29, 1.82) is 0 Å². The Morgan fingerprint density at radius 3 is 2.62 bits per heavy atom. The molecule has 1 aliphatic rings. The SMILES string of the molecule is C=C/C(=C\C(=C/C)c1ccc2[nH]nc(-c3nc4c(-c5ccccn5)nccc4[nH]3)c2n1)NC(=C)C1CC1. The zero-order chi connectivity index (χ0) is 25.4. The van der Waals surface area contributed by atoms with E-state index in [1.165, 1.54) is 12.8 Å². The molecule has 0 aliphatic heterocycles. The van der Waals surface area contributed by atoms with Crippen molar-refractivity contribution in [1.82, 2.24) is 40.4 Å². The summed E-state index contributed by atoms with van der Waals surface area (Å²) in [5.41, 5.74) is 8.98. The van der Waals surface area contributed by atoms with E-state index in [9.17, 15) is 0 Å². The minimum absolute atomic E-state index is 0.553. The molecule has 0 unspecified atom stereocenters. The van der Waals surface area contributed by atoms with E-state index in [0.29, 0.717) is 23.1 Å². The van der Waals surface area contributed by atoms with Crippen LogP contribution < -0.4 is 5.32 Å². The number of hydrogen-bond donors (Lipinski definition) is 3. The molecule has 182 valence electrons. The van der Waals surface area contributed by atoms with Gasteiger partial charge < -0.3 is 10.3 Å². The van der Waals surface area contributed by atoms with E-state index >= 15 is 0 Å². The molecular formula is C29H26N8. The standard InChI is InChI=1S/C29H26N8/c1-4-18(16-20(5-2)32-17(3)19-9-10-19)21-11-12-24-27(33-21)28(37-36-24)29-34-23-13-15-31-25(26(23)35-29)22-8-6-7-14-30-22/h4-8,11-16,19,32H,2-3,9-10H2,1H3,(H,34,35)(H,36,37)/b18-4+,20-16+. The van der Waals surface area contributed by atoms with Gasteiger partial charge in [0.2, 0.25) is 0 Å². The maximum atomic E-state index is 4.97. The van der Waals surface area contributed by atoms with Gasteiger partial charge in [-0.25, -0.2) is 9.97 Å². The van der Waals surface area contributed by atoms with Crippen LogP contribution >= 0.6 is 0 Å². The van der Waals surface area contributed by atoms with Crippen LogP contribution in [0.3, 0.4) is 0 Å². The third kappa shape index (κ3) is 4.33. The van der Waals surface area contributed by atoms with Gasteiger partial charge in [0.1, 0.15) is 16.7 Å². The average molecular weight is 487 g/mol. The van der Waals surface area contributed by atoms with Crippen LogP contribution in [0.4, 0.5) is 0 Å². The monoisotopic (exact) mass is 486 g/mol. The molecule has 1 saturated carbocycles. The molecule has 8 heteroatoms. The highest BCUT2D eigenvalue weighted by molar-refractivity contribution is 5.94. The van der Waals surface area contributed by atoms with Crippen molar-refractivity contribution in [3.63, 3.8) is 0 Å². The lowest BCUT2D eigenvalue weighted by molar-refractivity contribution is 0.865. The molecule has 1 aliphatic carbocycles. The first-order valence-corrected chi connectivity index (χ1v) is 12.2. The number of H-pyrrole nitrogens is 2. The Bertz CT molecular complexity index is 1700. The summed E-state index contributed by atoms with van der Waals surface area (Å²) in [6.07, 6.45) is 11.8. The van der Waals surface area contributed by atoms with Crippen LogP contribution in [-0.4, -0.2) is 35.1 Å². The topological polar surface area (TPSA) is 108 Å². The number of nitrogens with zero attached hydrogens (tertiary/aromatic N) is 5. The number of allylic oxidation sites excluding steroid dienone is 5. The first kappa shape index (κ1) is 22.6. The summed E-state index contributed by atoms with van der Waals surface area (Å²) in [4.78, 5) is 22.2. The van der Waals surface area contributed by atoms with E-state index in [4.69, 9.17) is 9.97 Å². The summed E-state index contributed by atoms with van der Waals surface area (Å²) in [6, 6.07) is 11.6. The van der Waals surface area contributed by atoms with Crippen molar-refractivity contribution in [2.24, 2.45) is 5.92 Å². The number of pyridine rings is 3. The number of fused-ring (bicyclic) bond motifs is 2. The van der Waals surface area contributed by atoms with Crippen LogP contribution in [0.25, 0.3) is 50.5 Å². The first-order valence-electron chi connectivity index (χ1n) is 12.2. The van der Waals surface area contributed by atoms with Crippen molar-refractivity contribution in [2.75, 3.05) is 0 Å². The Hall–Kier alpha value is -4.85. The molecule has 0 atom stereocenters. The molecule has 5 aromatic heterocycles. The van der Waals surface area contributed by atoms with E-state index in [2.05, 4.69) is 43.6 Å². The highest BCUT2D eigenvalue weighted by Gasteiger charge is 2.24. The maximum absolute atomic E-state index is 4.97. The van der Waals surface area contributed by atoms with Crippen LogP contribution in [0, 0.1) is 5.92 Å². The zero-order valence-corrected chi connectivity index (χ0v) is 20.5. The quantitative estimate of drug-likeness (QED) is 0.234. The van der Waals surface area contributed by atoms with E-state index < -0.39 is 0 Å². The fourth-order valence-electron chi connectivity index (χ4n) is 4.30. The average Bonchev–Trinajstić information content (AvgIpc) is 3.57. The zero-order valence-electron chi connectivity index (χ0n) is 20.5. The maximum Gasteiger partial charge on any atom is 0.161 e. The fourth-order valence-corrected chi connectivity index (χ4v) is 4.30. The summed E-state index contributed by atoms with van der Waals surface area (Å²) in [5, 5.41) is 11.0. The third-order valence-electron chi connectivity index (χ3n) is 6.45. The van der Waals surface area contributed by atoms with Gasteiger partial charge in [0, 0.05) is 23.8 Å². The van der Waals surface area contributed by atoms with Crippen LogP contribution in [-0.2, 0) is 0 Å². The summed E-state index contributed by atoms with van der Waals surface area (Å²) >= 11 is 0. The van der Waals surface area contributed by atoms with Gasteiger partial charge in [-0.1, -0.05) is 25.3 Å². The number of aromatic nitrogens is 7. The van der Waals surface area contributed by atoms with Gasteiger partial charge in [0.15, 0.2) is 11.5 Å². The Morgan fingerprint density at radius 2 is 1.86 bits per heavy atom. The molecule has 0 aromatic carbocycles. The second kappa shape index (κ2) is 9.31. The van der Waals surface area contributed by atoms with E-state index in [1.807, 2.05) is 55.5 Å². The Kier molecular flexibility index (Phi) is 5.69.